The number of benzene rings is 1. The number of likely N-dealkylation sites (tertiary alicyclic amines) is 2. The molecule has 1 aromatic rings. The lowest BCUT2D eigenvalue weighted by Crippen LogP contribution is -2.37. The number of halogens is 1. The van der Waals surface area contributed by atoms with E-state index < -0.39 is 0 Å². The molecule has 2 heterocycles. The monoisotopic (exact) mass is 388 g/mol. The lowest BCUT2D eigenvalue weighted by Gasteiger charge is -2.32. The fraction of sp³-hybridized carbons (Fsp3) is 0.696. The Morgan fingerprint density at radius 2 is 2.00 bits per heavy atom. The molecule has 0 N–H and O–H groups in total. The minimum Gasteiger partial charge on any atom is -0.384 e. The summed E-state index contributed by atoms with van der Waals surface area (Å²) in [6.45, 7) is 4.52. The quantitative estimate of drug-likeness (QED) is 0.742. The number of hydrogen-bond acceptors (Lipinski definition) is 3. The summed E-state index contributed by atoms with van der Waals surface area (Å²) in [5, 5.41) is 0. The predicted octanol–water partition coefficient (Wildman–Crippen LogP) is 3.87. The highest BCUT2D eigenvalue weighted by atomic mass is 19.1. The Kier molecular flexibility index (Phi) is 6.32. The van der Waals surface area contributed by atoms with Gasteiger partial charge in [0, 0.05) is 39.2 Å². The van der Waals surface area contributed by atoms with Crippen LogP contribution in [0.2, 0.25) is 0 Å². The summed E-state index contributed by atoms with van der Waals surface area (Å²) in [4.78, 5) is 17.5. The molecule has 5 heteroatoms. The molecular weight excluding hydrogens is 355 g/mol. The molecular formula is C23H33FN2O2. The van der Waals surface area contributed by atoms with E-state index in [1.807, 2.05) is 11.0 Å². The van der Waals surface area contributed by atoms with Crippen LogP contribution in [0, 0.1) is 23.6 Å². The summed E-state index contributed by atoms with van der Waals surface area (Å²) in [6.07, 6.45) is 7.26. The van der Waals surface area contributed by atoms with E-state index in [2.05, 4.69) is 4.90 Å². The van der Waals surface area contributed by atoms with E-state index in [1.165, 1.54) is 44.7 Å². The van der Waals surface area contributed by atoms with Crippen molar-refractivity contribution in [3.8, 4) is 0 Å². The number of carbonyl (C=O) groups is 1. The Balaban J connectivity index is 1.49. The van der Waals surface area contributed by atoms with Gasteiger partial charge in [-0.3, -0.25) is 4.79 Å². The van der Waals surface area contributed by atoms with Crippen molar-refractivity contribution >= 4 is 5.91 Å². The summed E-state index contributed by atoms with van der Waals surface area (Å²) in [5.74, 6) is 1.63. The molecule has 0 unspecified atom stereocenters. The highest BCUT2D eigenvalue weighted by Crippen LogP contribution is 2.45. The van der Waals surface area contributed by atoms with Gasteiger partial charge >= 0.3 is 0 Å². The highest BCUT2D eigenvalue weighted by Gasteiger charge is 2.49. The van der Waals surface area contributed by atoms with Crippen LogP contribution < -0.4 is 0 Å². The molecule has 154 valence electrons. The van der Waals surface area contributed by atoms with Crippen LogP contribution in [0.25, 0.3) is 0 Å². The van der Waals surface area contributed by atoms with Crippen molar-refractivity contribution in [3.63, 3.8) is 0 Å². The van der Waals surface area contributed by atoms with Gasteiger partial charge in [0.1, 0.15) is 5.82 Å². The Bertz CT molecular complexity index is 676. The minimum absolute atomic E-state index is 0.0126. The molecule has 4 nitrogen and oxygen atoms in total. The zero-order valence-electron chi connectivity index (χ0n) is 17.0. The number of carbonyl (C=O) groups excluding carboxylic acids is 1. The third kappa shape index (κ3) is 4.25. The molecule has 4 rings (SSSR count). The zero-order chi connectivity index (χ0) is 19.5. The first-order valence-electron chi connectivity index (χ1n) is 10.9. The molecule has 28 heavy (non-hydrogen) atoms. The fourth-order valence-corrected chi connectivity index (χ4v) is 5.73. The SMILES string of the molecule is COCCC(=O)N1C[C@@H]2CN(CC3CCCCC3)C[C@@H]2[C@@H]1c1cccc(F)c1. The van der Waals surface area contributed by atoms with Gasteiger partial charge in [0.15, 0.2) is 0 Å². The van der Waals surface area contributed by atoms with E-state index in [-0.39, 0.29) is 17.8 Å². The van der Waals surface area contributed by atoms with Gasteiger partial charge in [-0.25, -0.2) is 4.39 Å². The molecule has 0 radical (unpaired) electrons. The Morgan fingerprint density at radius 1 is 1.18 bits per heavy atom. The van der Waals surface area contributed by atoms with E-state index in [0.717, 1.165) is 31.1 Å². The average molecular weight is 389 g/mol. The van der Waals surface area contributed by atoms with Crippen molar-refractivity contribution in [2.45, 2.75) is 44.6 Å². The first kappa shape index (κ1) is 19.8. The minimum atomic E-state index is -0.220. The van der Waals surface area contributed by atoms with Crippen LogP contribution >= 0.6 is 0 Å². The standard InChI is InChI=1S/C23H33FN2O2/c1-28-11-10-22(27)26-15-19-14-25(13-17-6-3-2-4-7-17)16-21(19)23(26)18-8-5-9-20(24)12-18/h5,8-9,12,17,19,21,23H,2-4,6-7,10-11,13-16H2,1H3/t19-,21-,23-/m0/s1. The van der Waals surface area contributed by atoms with Gasteiger partial charge in [0.2, 0.25) is 5.91 Å². The zero-order valence-corrected chi connectivity index (χ0v) is 17.0. The van der Waals surface area contributed by atoms with E-state index in [1.54, 1.807) is 19.2 Å². The fourth-order valence-electron chi connectivity index (χ4n) is 5.73. The molecule has 0 aromatic heterocycles. The Hall–Kier alpha value is -1.46. The van der Waals surface area contributed by atoms with Crippen LogP contribution in [0.5, 0.6) is 0 Å². The van der Waals surface area contributed by atoms with Crippen LogP contribution in [-0.2, 0) is 9.53 Å². The van der Waals surface area contributed by atoms with E-state index >= 15 is 0 Å². The maximum Gasteiger partial charge on any atom is 0.225 e. The average Bonchev–Trinajstić information content (AvgIpc) is 3.24. The van der Waals surface area contributed by atoms with Crippen molar-refractivity contribution < 1.29 is 13.9 Å². The van der Waals surface area contributed by atoms with Gasteiger partial charge in [0.25, 0.3) is 0 Å². The lowest BCUT2D eigenvalue weighted by molar-refractivity contribution is -0.133. The predicted molar refractivity (Wildman–Crippen MR) is 107 cm³/mol. The molecule has 2 aliphatic heterocycles. The van der Waals surface area contributed by atoms with Gasteiger partial charge in [-0.1, -0.05) is 31.4 Å². The molecule has 1 aliphatic carbocycles. The maximum atomic E-state index is 13.9. The third-order valence-corrected chi connectivity index (χ3v) is 7.01. The number of ether oxygens (including phenoxy) is 1. The number of rotatable bonds is 6. The second-order valence-corrected chi connectivity index (χ2v) is 8.94. The van der Waals surface area contributed by atoms with Crippen molar-refractivity contribution in [2.75, 3.05) is 39.9 Å². The van der Waals surface area contributed by atoms with E-state index in [4.69, 9.17) is 4.74 Å². The molecule has 1 saturated carbocycles. The van der Waals surface area contributed by atoms with Crippen LogP contribution in [0.1, 0.15) is 50.1 Å². The molecule has 2 saturated heterocycles. The third-order valence-electron chi connectivity index (χ3n) is 7.01. The first-order chi connectivity index (χ1) is 13.7. The van der Waals surface area contributed by atoms with Crippen LogP contribution in [0.4, 0.5) is 4.39 Å². The normalized spacial score (nSPS) is 28.6. The first-order valence-corrected chi connectivity index (χ1v) is 10.9. The molecule has 3 aliphatic rings. The van der Waals surface area contributed by atoms with Gasteiger partial charge in [0.05, 0.1) is 19.1 Å². The second kappa shape index (κ2) is 8.91. The second-order valence-electron chi connectivity index (χ2n) is 8.94. The largest absolute Gasteiger partial charge is 0.384 e. The molecule has 3 fully saturated rings. The number of amides is 1. The number of fused-ring (bicyclic) bond motifs is 1. The Morgan fingerprint density at radius 3 is 2.75 bits per heavy atom. The van der Waals surface area contributed by atoms with Crippen molar-refractivity contribution in [1.82, 2.24) is 9.80 Å². The number of nitrogens with zero attached hydrogens (tertiary/aromatic N) is 2. The maximum absolute atomic E-state index is 13.9. The topological polar surface area (TPSA) is 32.8 Å². The number of hydrogen-bond donors (Lipinski definition) is 0. The van der Waals surface area contributed by atoms with Crippen LogP contribution in [0.15, 0.2) is 24.3 Å². The summed E-state index contributed by atoms with van der Waals surface area (Å²) >= 11 is 0. The smallest absolute Gasteiger partial charge is 0.225 e. The number of methoxy groups -OCH3 is 1. The molecule has 3 atom stereocenters. The summed E-state index contributed by atoms with van der Waals surface area (Å²) in [6, 6.07) is 6.84. The van der Waals surface area contributed by atoms with Crippen molar-refractivity contribution in [1.29, 1.82) is 0 Å². The van der Waals surface area contributed by atoms with E-state index in [9.17, 15) is 9.18 Å². The Labute approximate surface area is 168 Å². The summed E-state index contributed by atoms with van der Waals surface area (Å²) in [7, 11) is 1.62. The van der Waals surface area contributed by atoms with Gasteiger partial charge in [-0.15, -0.1) is 0 Å². The lowest BCUT2D eigenvalue weighted by atomic mass is 9.88. The van der Waals surface area contributed by atoms with Gasteiger partial charge in [-0.2, -0.15) is 0 Å². The van der Waals surface area contributed by atoms with Crippen molar-refractivity contribution in [2.24, 2.45) is 17.8 Å². The van der Waals surface area contributed by atoms with Gasteiger partial charge in [-0.05, 0) is 42.4 Å². The van der Waals surface area contributed by atoms with Gasteiger partial charge < -0.3 is 14.5 Å². The van der Waals surface area contributed by atoms with Crippen molar-refractivity contribution in [3.05, 3.63) is 35.6 Å². The molecule has 1 aromatic carbocycles. The summed E-state index contributed by atoms with van der Waals surface area (Å²) < 4.78 is 19.1. The van der Waals surface area contributed by atoms with Crippen LogP contribution in [-0.4, -0.2) is 55.6 Å². The highest BCUT2D eigenvalue weighted by molar-refractivity contribution is 5.77. The molecule has 0 bridgehead atoms. The molecule has 1 amide bonds. The summed E-state index contributed by atoms with van der Waals surface area (Å²) in [5.41, 5.74) is 0.942. The van der Waals surface area contributed by atoms with E-state index in [0.29, 0.717) is 24.9 Å². The molecule has 0 spiro atoms. The van der Waals surface area contributed by atoms with Crippen LogP contribution in [0.3, 0.4) is 0 Å².